The van der Waals surface area contributed by atoms with E-state index < -0.39 is 41.8 Å². The van der Waals surface area contributed by atoms with Crippen LogP contribution in [-0.4, -0.2) is 46.1 Å². The second kappa shape index (κ2) is 5.46. The van der Waals surface area contributed by atoms with Crippen LogP contribution in [0.2, 0.25) is 0 Å². The molecule has 21 heavy (non-hydrogen) atoms. The third-order valence-corrected chi connectivity index (χ3v) is 4.46. The summed E-state index contributed by atoms with van der Waals surface area (Å²) in [5.41, 5.74) is -1.18. The maximum absolute atomic E-state index is 14.5. The molecule has 2 rings (SSSR count). The van der Waals surface area contributed by atoms with Crippen LogP contribution in [0.5, 0.6) is 0 Å². The molecule has 0 aromatic rings. The van der Waals surface area contributed by atoms with Gasteiger partial charge in [-0.2, -0.15) is 0 Å². The number of allylic oxidation sites excluding steroid dienone is 1. The Morgan fingerprint density at radius 1 is 1.48 bits per heavy atom. The van der Waals surface area contributed by atoms with Gasteiger partial charge >= 0.3 is 0 Å². The van der Waals surface area contributed by atoms with E-state index in [1.807, 2.05) is 0 Å². The molecule has 1 N–H and O–H groups in total. The van der Waals surface area contributed by atoms with Gasteiger partial charge in [-0.25, -0.2) is 8.78 Å². The zero-order chi connectivity index (χ0) is 15.8. The summed E-state index contributed by atoms with van der Waals surface area (Å²) >= 11 is 0. The highest BCUT2D eigenvalue weighted by Crippen LogP contribution is 2.51. The summed E-state index contributed by atoms with van der Waals surface area (Å²) in [6.07, 6.45) is 0.358. The molecule has 2 aliphatic heterocycles. The van der Waals surface area contributed by atoms with Crippen LogP contribution in [0.15, 0.2) is 12.3 Å². The minimum atomic E-state index is -3.26. The van der Waals surface area contributed by atoms with Gasteiger partial charge in [0.25, 0.3) is 5.92 Å². The Bertz CT molecular complexity index is 480. The molecule has 0 radical (unpaired) electrons. The van der Waals surface area contributed by atoms with Crippen molar-refractivity contribution in [1.29, 1.82) is 0 Å². The summed E-state index contributed by atoms with van der Waals surface area (Å²) in [5.74, 6) is -5.52. The largest absolute Gasteiger partial charge is 0.396 e. The van der Waals surface area contributed by atoms with Crippen molar-refractivity contribution in [3.05, 3.63) is 12.3 Å². The molecule has 0 aromatic carbocycles. The second-order valence-electron chi connectivity index (χ2n) is 5.52. The molecule has 3 atom stereocenters. The molecule has 1 fully saturated rings. The lowest BCUT2D eigenvalue weighted by molar-refractivity contribution is -0.175. The number of nitrogens with zero attached hydrogens (tertiary/aromatic N) is 1. The lowest BCUT2D eigenvalue weighted by Gasteiger charge is -2.32. The van der Waals surface area contributed by atoms with Crippen LogP contribution in [0.4, 0.5) is 8.78 Å². The summed E-state index contributed by atoms with van der Waals surface area (Å²) < 4.78 is 34.6. The van der Waals surface area contributed by atoms with Gasteiger partial charge in [-0.1, -0.05) is 13.8 Å². The highest BCUT2D eigenvalue weighted by molar-refractivity contribution is 6.06. The third kappa shape index (κ3) is 2.48. The standard InChI is InChI=1S/C14H19F2NO4/c1-3-13(5-7-18)9(2)14(15,16)12(21-13)17-6-4-10(19)8-11(17)20/h4,6,9,12,18H,3,5,7-8H2,1-2H3/t9-,12-,13+/m1/s1. The van der Waals surface area contributed by atoms with Gasteiger partial charge in [0.15, 0.2) is 5.78 Å². The number of hydrogen-bond acceptors (Lipinski definition) is 4. The van der Waals surface area contributed by atoms with Crippen LogP contribution in [0.1, 0.15) is 33.1 Å². The van der Waals surface area contributed by atoms with Crippen LogP contribution in [0.25, 0.3) is 0 Å². The van der Waals surface area contributed by atoms with E-state index in [0.717, 1.165) is 17.2 Å². The Labute approximate surface area is 121 Å². The first-order valence-electron chi connectivity index (χ1n) is 6.97. The quantitative estimate of drug-likeness (QED) is 0.799. The van der Waals surface area contributed by atoms with Crippen molar-refractivity contribution in [3.63, 3.8) is 0 Å². The molecule has 1 saturated heterocycles. The molecular weight excluding hydrogens is 284 g/mol. The first kappa shape index (κ1) is 16.0. The van der Waals surface area contributed by atoms with E-state index >= 15 is 0 Å². The maximum atomic E-state index is 14.5. The fraction of sp³-hybridized carbons (Fsp3) is 0.714. The van der Waals surface area contributed by atoms with E-state index in [1.165, 1.54) is 6.92 Å². The highest BCUT2D eigenvalue weighted by Gasteiger charge is 2.65. The molecule has 2 aliphatic rings. The fourth-order valence-corrected chi connectivity index (χ4v) is 3.00. The number of carbonyl (C=O) groups is 2. The zero-order valence-electron chi connectivity index (χ0n) is 12.0. The van der Waals surface area contributed by atoms with Crippen molar-refractivity contribution in [2.24, 2.45) is 5.92 Å². The van der Waals surface area contributed by atoms with Crippen LogP contribution < -0.4 is 0 Å². The maximum Gasteiger partial charge on any atom is 0.297 e. The second-order valence-corrected chi connectivity index (χ2v) is 5.52. The van der Waals surface area contributed by atoms with Crippen LogP contribution in [0, 0.1) is 5.92 Å². The Morgan fingerprint density at radius 2 is 2.14 bits per heavy atom. The minimum absolute atomic E-state index is 0.0709. The van der Waals surface area contributed by atoms with Crippen LogP contribution in [0.3, 0.4) is 0 Å². The van der Waals surface area contributed by atoms with Gasteiger partial charge in [-0.3, -0.25) is 14.5 Å². The van der Waals surface area contributed by atoms with Crippen LogP contribution in [-0.2, 0) is 14.3 Å². The Kier molecular flexibility index (Phi) is 4.17. The topological polar surface area (TPSA) is 66.8 Å². The number of aliphatic hydroxyl groups excluding tert-OH is 1. The monoisotopic (exact) mass is 303 g/mol. The van der Waals surface area contributed by atoms with E-state index in [0.29, 0.717) is 6.42 Å². The first-order chi connectivity index (χ1) is 9.78. The lowest BCUT2D eigenvalue weighted by atomic mass is 9.82. The lowest BCUT2D eigenvalue weighted by Crippen LogP contribution is -2.48. The molecule has 2 heterocycles. The highest BCUT2D eigenvalue weighted by atomic mass is 19.3. The number of ether oxygens (including phenoxy) is 1. The Hall–Kier alpha value is -1.34. The normalized spacial score (nSPS) is 35.6. The Balaban J connectivity index is 2.34. The first-order valence-corrected chi connectivity index (χ1v) is 6.97. The number of ketones is 1. The van der Waals surface area contributed by atoms with Gasteiger partial charge in [0, 0.05) is 19.2 Å². The van der Waals surface area contributed by atoms with Gasteiger partial charge in [-0.05, 0) is 12.5 Å². The van der Waals surface area contributed by atoms with Gasteiger partial charge in [0.1, 0.15) is 0 Å². The van der Waals surface area contributed by atoms with Gasteiger partial charge in [-0.15, -0.1) is 0 Å². The number of carbonyl (C=O) groups excluding carboxylic acids is 2. The van der Waals surface area contributed by atoms with E-state index in [1.54, 1.807) is 6.92 Å². The number of aliphatic hydroxyl groups is 1. The summed E-state index contributed by atoms with van der Waals surface area (Å²) in [5, 5.41) is 9.13. The van der Waals surface area contributed by atoms with Crippen molar-refractivity contribution in [2.45, 2.75) is 50.9 Å². The van der Waals surface area contributed by atoms with Crippen molar-refractivity contribution in [3.8, 4) is 0 Å². The molecule has 0 spiro atoms. The number of rotatable bonds is 4. The number of alkyl halides is 2. The molecule has 0 bridgehead atoms. The number of amides is 1. The molecule has 0 aromatic heterocycles. The van der Waals surface area contributed by atoms with Crippen molar-refractivity contribution >= 4 is 11.7 Å². The predicted molar refractivity (Wildman–Crippen MR) is 69.3 cm³/mol. The zero-order valence-corrected chi connectivity index (χ0v) is 12.0. The smallest absolute Gasteiger partial charge is 0.297 e. The molecule has 0 unspecified atom stereocenters. The predicted octanol–water partition coefficient (Wildman–Crippen LogP) is 1.46. The summed E-state index contributed by atoms with van der Waals surface area (Å²) in [6, 6.07) is 0. The molecule has 7 heteroatoms. The number of hydrogen-bond donors (Lipinski definition) is 1. The summed E-state index contributed by atoms with van der Waals surface area (Å²) in [4.78, 5) is 23.8. The minimum Gasteiger partial charge on any atom is -0.396 e. The molecule has 118 valence electrons. The third-order valence-electron chi connectivity index (χ3n) is 4.46. The molecule has 1 amide bonds. The number of halogens is 2. The molecule has 0 aliphatic carbocycles. The van der Waals surface area contributed by atoms with E-state index in [2.05, 4.69) is 0 Å². The Morgan fingerprint density at radius 3 is 2.67 bits per heavy atom. The van der Waals surface area contributed by atoms with Gasteiger partial charge in [0.2, 0.25) is 12.1 Å². The van der Waals surface area contributed by atoms with E-state index in [-0.39, 0.29) is 13.0 Å². The average Bonchev–Trinajstić information content (AvgIpc) is 2.61. The van der Waals surface area contributed by atoms with E-state index in [9.17, 15) is 18.4 Å². The van der Waals surface area contributed by atoms with Crippen molar-refractivity contribution in [1.82, 2.24) is 4.90 Å². The van der Waals surface area contributed by atoms with E-state index in [4.69, 9.17) is 9.84 Å². The van der Waals surface area contributed by atoms with Crippen molar-refractivity contribution in [2.75, 3.05) is 6.61 Å². The van der Waals surface area contributed by atoms with Gasteiger partial charge < -0.3 is 9.84 Å². The summed E-state index contributed by atoms with van der Waals surface area (Å²) in [7, 11) is 0. The molecule has 0 saturated carbocycles. The van der Waals surface area contributed by atoms with Crippen molar-refractivity contribution < 1.29 is 28.2 Å². The van der Waals surface area contributed by atoms with Gasteiger partial charge in [0.05, 0.1) is 17.9 Å². The molecule has 5 nitrogen and oxygen atoms in total. The molecular formula is C14H19F2NO4. The van der Waals surface area contributed by atoms with Crippen LogP contribution >= 0.6 is 0 Å². The summed E-state index contributed by atoms with van der Waals surface area (Å²) in [6.45, 7) is 2.80. The SMILES string of the molecule is CC[C@@]1(CCO)O[C@@H](N2C=CC(=O)CC2=O)C(F)(F)[C@@H]1C. The fourth-order valence-electron chi connectivity index (χ4n) is 3.00. The average molecular weight is 303 g/mol.